The van der Waals surface area contributed by atoms with E-state index in [2.05, 4.69) is 4.98 Å². The Morgan fingerprint density at radius 2 is 1.81 bits per heavy atom. The maximum absolute atomic E-state index is 12.8. The lowest BCUT2D eigenvalue weighted by molar-refractivity contribution is 0.628. The van der Waals surface area contributed by atoms with Crippen LogP contribution in [0, 0.1) is 5.82 Å². The Morgan fingerprint density at radius 3 is 2.44 bits per heavy atom. The van der Waals surface area contributed by atoms with E-state index in [0.717, 1.165) is 16.7 Å². The number of nitrogens with zero attached hydrogens (tertiary/aromatic N) is 1. The molecule has 1 heterocycles. The van der Waals surface area contributed by atoms with Crippen LogP contribution in [0.1, 0.15) is 5.56 Å². The Balaban J connectivity index is 2.58. The van der Waals surface area contributed by atoms with E-state index in [1.165, 1.54) is 12.1 Å². The van der Waals surface area contributed by atoms with Crippen LogP contribution in [0.5, 0.6) is 0 Å². The van der Waals surface area contributed by atoms with Gasteiger partial charge in [-0.15, -0.1) is 11.6 Å². The zero-order valence-electron chi connectivity index (χ0n) is 8.25. The second-order valence-electron chi connectivity index (χ2n) is 3.28. The van der Waals surface area contributed by atoms with Gasteiger partial charge < -0.3 is 0 Å². The zero-order chi connectivity index (χ0) is 11.5. The van der Waals surface area contributed by atoms with E-state index in [4.69, 9.17) is 23.2 Å². The topological polar surface area (TPSA) is 12.9 Å². The number of benzene rings is 1. The largest absolute Gasteiger partial charge is 0.244 e. The summed E-state index contributed by atoms with van der Waals surface area (Å²) in [7, 11) is 0. The van der Waals surface area contributed by atoms with Crippen molar-refractivity contribution in [2.24, 2.45) is 0 Å². The third kappa shape index (κ3) is 2.18. The first-order valence-electron chi connectivity index (χ1n) is 4.67. The van der Waals surface area contributed by atoms with Crippen molar-refractivity contribution in [3.8, 4) is 11.1 Å². The van der Waals surface area contributed by atoms with Crippen molar-refractivity contribution >= 4 is 23.2 Å². The molecule has 1 aromatic carbocycles. The number of hydrogen-bond donors (Lipinski definition) is 0. The van der Waals surface area contributed by atoms with E-state index in [1.54, 1.807) is 24.4 Å². The van der Waals surface area contributed by atoms with Gasteiger partial charge >= 0.3 is 0 Å². The summed E-state index contributed by atoms with van der Waals surface area (Å²) in [6, 6.07) is 7.90. The molecule has 2 rings (SSSR count). The highest BCUT2D eigenvalue weighted by molar-refractivity contribution is 6.32. The number of rotatable bonds is 2. The minimum atomic E-state index is -0.281. The monoisotopic (exact) mass is 255 g/mol. The summed E-state index contributed by atoms with van der Waals surface area (Å²) in [4.78, 5) is 4.00. The Hall–Kier alpha value is -1.12. The number of aromatic nitrogens is 1. The standard InChI is InChI=1S/C12H8Cl2FN/c13-7-9-5-6-16-12(14)11(9)8-1-3-10(15)4-2-8/h1-6H,7H2. The van der Waals surface area contributed by atoms with Gasteiger partial charge in [0, 0.05) is 17.6 Å². The van der Waals surface area contributed by atoms with Crippen LogP contribution in [0.2, 0.25) is 5.15 Å². The molecule has 0 aliphatic heterocycles. The third-order valence-electron chi connectivity index (χ3n) is 2.27. The first-order chi connectivity index (χ1) is 7.72. The van der Waals surface area contributed by atoms with Crippen molar-refractivity contribution in [1.82, 2.24) is 4.98 Å². The molecular formula is C12H8Cl2FN. The van der Waals surface area contributed by atoms with Crippen LogP contribution < -0.4 is 0 Å². The molecule has 0 unspecified atom stereocenters. The van der Waals surface area contributed by atoms with Crippen molar-refractivity contribution in [3.63, 3.8) is 0 Å². The molecule has 0 aliphatic rings. The smallest absolute Gasteiger partial charge is 0.137 e. The fourth-order valence-corrected chi connectivity index (χ4v) is 2.02. The Kier molecular flexibility index (Phi) is 3.42. The summed E-state index contributed by atoms with van der Waals surface area (Å²) < 4.78 is 12.8. The summed E-state index contributed by atoms with van der Waals surface area (Å²) >= 11 is 11.8. The average Bonchev–Trinajstić information content (AvgIpc) is 2.30. The van der Waals surface area contributed by atoms with Gasteiger partial charge in [0.1, 0.15) is 11.0 Å². The summed E-state index contributed by atoms with van der Waals surface area (Å²) in [6.07, 6.45) is 1.60. The number of halogens is 3. The summed E-state index contributed by atoms with van der Waals surface area (Å²) in [5.74, 6) is 0.0609. The van der Waals surface area contributed by atoms with Gasteiger partial charge in [-0.25, -0.2) is 9.37 Å². The SMILES string of the molecule is Fc1ccc(-c2c(CCl)ccnc2Cl)cc1. The molecule has 0 saturated heterocycles. The molecule has 0 saturated carbocycles. The van der Waals surface area contributed by atoms with E-state index in [1.807, 2.05) is 0 Å². The Labute approximate surface area is 103 Å². The molecule has 0 atom stereocenters. The molecule has 0 radical (unpaired) electrons. The Morgan fingerprint density at radius 1 is 1.12 bits per heavy atom. The molecule has 4 heteroatoms. The summed E-state index contributed by atoms with van der Waals surface area (Å²) in [5, 5.41) is 0.379. The maximum Gasteiger partial charge on any atom is 0.137 e. The van der Waals surface area contributed by atoms with Gasteiger partial charge in [0.05, 0.1) is 0 Å². The fourth-order valence-electron chi connectivity index (χ4n) is 1.51. The van der Waals surface area contributed by atoms with E-state index in [0.29, 0.717) is 11.0 Å². The number of alkyl halides is 1. The van der Waals surface area contributed by atoms with E-state index in [-0.39, 0.29) is 5.82 Å². The zero-order valence-corrected chi connectivity index (χ0v) is 9.76. The molecule has 0 aliphatic carbocycles. The normalized spacial score (nSPS) is 10.4. The van der Waals surface area contributed by atoms with Crippen LogP contribution in [0.25, 0.3) is 11.1 Å². The van der Waals surface area contributed by atoms with Gasteiger partial charge in [0.25, 0.3) is 0 Å². The molecule has 1 aromatic heterocycles. The molecule has 0 amide bonds. The summed E-state index contributed by atoms with van der Waals surface area (Å²) in [5.41, 5.74) is 2.46. The van der Waals surface area contributed by atoms with Gasteiger partial charge in [-0.05, 0) is 29.3 Å². The second-order valence-corrected chi connectivity index (χ2v) is 3.90. The van der Waals surface area contributed by atoms with Crippen LogP contribution in [0.3, 0.4) is 0 Å². The lowest BCUT2D eigenvalue weighted by Gasteiger charge is -2.08. The molecule has 16 heavy (non-hydrogen) atoms. The fraction of sp³-hybridized carbons (Fsp3) is 0.0833. The van der Waals surface area contributed by atoms with E-state index in [9.17, 15) is 4.39 Å². The Bertz CT molecular complexity index is 497. The van der Waals surface area contributed by atoms with Crippen LogP contribution in [-0.4, -0.2) is 4.98 Å². The van der Waals surface area contributed by atoms with Crippen molar-refractivity contribution in [3.05, 3.63) is 53.1 Å². The summed E-state index contributed by atoms with van der Waals surface area (Å²) in [6.45, 7) is 0. The predicted molar refractivity (Wildman–Crippen MR) is 64.2 cm³/mol. The number of hydrogen-bond acceptors (Lipinski definition) is 1. The first-order valence-corrected chi connectivity index (χ1v) is 5.59. The lowest BCUT2D eigenvalue weighted by Crippen LogP contribution is -1.90. The van der Waals surface area contributed by atoms with Gasteiger partial charge in [0.15, 0.2) is 0 Å². The van der Waals surface area contributed by atoms with Crippen LogP contribution in [-0.2, 0) is 5.88 Å². The minimum absolute atomic E-state index is 0.281. The van der Waals surface area contributed by atoms with Crippen molar-refractivity contribution < 1.29 is 4.39 Å². The van der Waals surface area contributed by atoms with Gasteiger partial charge in [-0.3, -0.25) is 0 Å². The average molecular weight is 256 g/mol. The molecule has 0 N–H and O–H groups in total. The molecule has 0 spiro atoms. The highest BCUT2D eigenvalue weighted by Gasteiger charge is 2.09. The van der Waals surface area contributed by atoms with Crippen molar-refractivity contribution in [1.29, 1.82) is 0 Å². The minimum Gasteiger partial charge on any atom is -0.244 e. The maximum atomic E-state index is 12.8. The third-order valence-corrected chi connectivity index (χ3v) is 2.84. The quantitative estimate of drug-likeness (QED) is 0.577. The molecule has 0 bridgehead atoms. The molecule has 0 fully saturated rings. The molecule has 82 valence electrons. The van der Waals surface area contributed by atoms with Crippen molar-refractivity contribution in [2.45, 2.75) is 5.88 Å². The van der Waals surface area contributed by atoms with Crippen LogP contribution >= 0.6 is 23.2 Å². The predicted octanol–water partition coefficient (Wildman–Crippen LogP) is 4.28. The molecule has 2 aromatic rings. The van der Waals surface area contributed by atoms with Crippen molar-refractivity contribution in [2.75, 3.05) is 0 Å². The van der Waals surface area contributed by atoms with Crippen LogP contribution in [0.4, 0.5) is 4.39 Å². The van der Waals surface area contributed by atoms with Gasteiger partial charge in [-0.2, -0.15) is 0 Å². The van der Waals surface area contributed by atoms with E-state index < -0.39 is 0 Å². The van der Waals surface area contributed by atoms with Gasteiger partial charge in [-0.1, -0.05) is 23.7 Å². The van der Waals surface area contributed by atoms with E-state index >= 15 is 0 Å². The highest BCUT2D eigenvalue weighted by Crippen LogP contribution is 2.30. The van der Waals surface area contributed by atoms with Crippen LogP contribution in [0.15, 0.2) is 36.5 Å². The van der Waals surface area contributed by atoms with Gasteiger partial charge in [0.2, 0.25) is 0 Å². The second kappa shape index (κ2) is 4.81. The first kappa shape index (κ1) is 11.4. The molecule has 1 nitrogen and oxygen atoms in total. The highest BCUT2D eigenvalue weighted by atomic mass is 35.5. The number of pyridine rings is 1. The lowest BCUT2D eigenvalue weighted by atomic mass is 10.0. The molecular weight excluding hydrogens is 248 g/mol.